The number of hydrogen-bond acceptors (Lipinski definition) is 2. The maximum atomic E-state index is 12.8. The number of nitrogens with zero attached hydrogens (tertiary/aromatic N) is 2. The maximum absolute atomic E-state index is 12.8. The molecule has 1 N–H and O–H groups in total. The van der Waals surface area contributed by atoms with Gasteiger partial charge < -0.3 is 9.72 Å². The highest BCUT2D eigenvalue weighted by molar-refractivity contribution is 6.33. The van der Waals surface area contributed by atoms with Crippen molar-refractivity contribution in [3.63, 3.8) is 0 Å². The lowest BCUT2D eigenvalue weighted by atomic mass is 10.2. The zero-order valence-corrected chi connectivity index (χ0v) is 12.7. The molecule has 2 aromatic heterocycles. The van der Waals surface area contributed by atoms with Crippen molar-refractivity contribution < 1.29 is 13.2 Å². The molecule has 0 aliphatic carbocycles. The molecule has 23 heavy (non-hydrogen) atoms. The Hall–Kier alpha value is -2.05. The van der Waals surface area contributed by atoms with Crippen LogP contribution in [0.15, 0.2) is 48.8 Å². The molecule has 3 aromatic rings. The van der Waals surface area contributed by atoms with Crippen molar-refractivity contribution in [1.29, 1.82) is 0 Å². The van der Waals surface area contributed by atoms with Gasteiger partial charge >= 0.3 is 6.18 Å². The molecule has 0 saturated carbocycles. The first-order valence-electron chi connectivity index (χ1n) is 6.92. The summed E-state index contributed by atoms with van der Waals surface area (Å²) in [6, 6.07) is 10.7. The van der Waals surface area contributed by atoms with E-state index >= 15 is 0 Å². The monoisotopic (exact) mass is 339 g/mol. The molecular weight excluding hydrogens is 327 g/mol. The highest BCUT2D eigenvalue weighted by atomic mass is 35.5. The third-order valence-electron chi connectivity index (χ3n) is 3.36. The number of halogens is 4. The first-order chi connectivity index (χ1) is 10.9. The fraction of sp³-hybridized carbons (Fsp3) is 0.188. The summed E-state index contributed by atoms with van der Waals surface area (Å²) < 4.78 is 39.7. The molecule has 0 saturated heterocycles. The fourth-order valence-corrected chi connectivity index (χ4v) is 2.54. The average molecular weight is 340 g/mol. The molecule has 0 atom stereocenters. The maximum Gasteiger partial charge on any atom is 0.417 e. The number of hydrogen-bond donors (Lipinski definition) is 1. The number of pyridine rings is 1. The second-order valence-electron chi connectivity index (χ2n) is 5.13. The van der Waals surface area contributed by atoms with Crippen molar-refractivity contribution in [1.82, 2.24) is 14.7 Å². The summed E-state index contributed by atoms with van der Waals surface area (Å²) in [6.45, 7) is 1.09. The van der Waals surface area contributed by atoms with Crippen molar-refractivity contribution in [3.05, 3.63) is 70.6 Å². The lowest BCUT2D eigenvalue weighted by molar-refractivity contribution is -0.137. The molecule has 0 amide bonds. The molecule has 0 aliphatic heterocycles. The van der Waals surface area contributed by atoms with Crippen LogP contribution < -0.4 is 5.32 Å². The summed E-state index contributed by atoms with van der Waals surface area (Å²) in [5.41, 5.74) is 1.27. The Balaban J connectivity index is 1.76. The topological polar surface area (TPSA) is 29.3 Å². The van der Waals surface area contributed by atoms with Crippen LogP contribution in [0.1, 0.15) is 16.8 Å². The Labute approximate surface area is 135 Å². The number of fused-ring (bicyclic) bond motifs is 1. The van der Waals surface area contributed by atoms with E-state index in [1.54, 1.807) is 6.20 Å². The lowest BCUT2D eigenvalue weighted by Gasteiger charge is -2.07. The van der Waals surface area contributed by atoms with Crippen molar-refractivity contribution in [3.8, 4) is 0 Å². The number of benzene rings is 1. The largest absolute Gasteiger partial charge is 0.417 e. The van der Waals surface area contributed by atoms with Gasteiger partial charge in [0.15, 0.2) is 5.65 Å². The van der Waals surface area contributed by atoms with Crippen LogP contribution in [0, 0.1) is 0 Å². The Morgan fingerprint density at radius 2 is 1.83 bits per heavy atom. The predicted octanol–water partition coefficient (Wildman–Crippen LogP) is 4.30. The van der Waals surface area contributed by atoms with E-state index in [4.69, 9.17) is 11.6 Å². The van der Waals surface area contributed by atoms with Gasteiger partial charge in [-0.1, -0.05) is 41.9 Å². The number of aromatic nitrogens is 2. The molecule has 0 fully saturated rings. The van der Waals surface area contributed by atoms with Gasteiger partial charge in [0, 0.05) is 25.5 Å². The van der Waals surface area contributed by atoms with Crippen LogP contribution in [0.2, 0.25) is 5.02 Å². The van der Waals surface area contributed by atoms with Gasteiger partial charge in [-0.3, -0.25) is 0 Å². The van der Waals surface area contributed by atoms with Gasteiger partial charge in [-0.25, -0.2) is 4.98 Å². The van der Waals surface area contributed by atoms with Gasteiger partial charge in [-0.15, -0.1) is 0 Å². The Bertz CT molecular complexity index is 813. The van der Waals surface area contributed by atoms with Crippen LogP contribution in [-0.4, -0.2) is 9.38 Å². The quantitative estimate of drug-likeness (QED) is 0.768. The summed E-state index contributed by atoms with van der Waals surface area (Å²) in [5, 5.41) is 3.18. The highest BCUT2D eigenvalue weighted by Crippen LogP contribution is 2.32. The molecule has 120 valence electrons. The zero-order chi connectivity index (χ0) is 16.4. The molecule has 3 rings (SSSR count). The van der Waals surface area contributed by atoms with Gasteiger partial charge in [0.25, 0.3) is 0 Å². The normalized spacial score (nSPS) is 12.0. The van der Waals surface area contributed by atoms with E-state index in [0.717, 1.165) is 17.8 Å². The van der Waals surface area contributed by atoms with Crippen LogP contribution in [0.4, 0.5) is 13.2 Å². The molecule has 0 bridgehead atoms. The van der Waals surface area contributed by atoms with Crippen LogP contribution in [-0.2, 0) is 19.3 Å². The van der Waals surface area contributed by atoms with Crippen LogP contribution >= 0.6 is 11.6 Å². The lowest BCUT2D eigenvalue weighted by Crippen LogP contribution is -2.12. The molecule has 3 nitrogen and oxygen atoms in total. The fourth-order valence-electron chi connectivity index (χ4n) is 2.28. The molecule has 0 aliphatic rings. The van der Waals surface area contributed by atoms with Crippen molar-refractivity contribution in [2.45, 2.75) is 19.3 Å². The molecule has 2 heterocycles. The minimum absolute atomic E-state index is 0.0193. The van der Waals surface area contributed by atoms with E-state index in [1.165, 1.54) is 4.40 Å². The summed E-state index contributed by atoms with van der Waals surface area (Å²) >= 11 is 5.91. The standard InChI is InChI=1S/C16H13ClF3N3/c17-14-6-12(16(18,19)20)9-23-10-13(22-15(14)23)8-21-7-11-4-2-1-3-5-11/h1-6,9-10,21H,7-8H2. The van der Waals surface area contributed by atoms with Crippen LogP contribution in [0.3, 0.4) is 0 Å². The minimum Gasteiger partial charge on any atom is -0.307 e. The number of imidazole rings is 1. The van der Waals surface area contributed by atoms with Crippen molar-refractivity contribution in [2.75, 3.05) is 0 Å². The first-order valence-corrected chi connectivity index (χ1v) is 7.30. The summed E-state index contributed by atoms with van der Waals surface area (Å²) in [7, 11) is 0. The number of alkyl halides is 3. The van der Waals surface area contributed by atoms with Crippen LogP contribution in [0.25, 0.3) is 5.65 Å². The second-order valence-corrected chi connectivity index (χ2v) is 5.53. The van der Waals surface area contributed by atoms with Gasteiger partial charge in [0.1, 0.15) is 0 Å². The Morgan fingerprint density at radius 1 is 1.09 bits per heavy atom. The van der Waals surface area contributed by atoms with Gasteiger partial charge in [0.05, 0.1) is 16.3 Å². The van der Waals surface area contributed by atoms with E-state index in [-0.39, 0.29) is 5.02 Å². The van der Waals surface area contributed by atoms with Crippen molar-refractivity contribution in [2.24, 2.45) is 0 Å². The van der Waals surface area contributed by atoms with Crippen LogP contribution in [0.5, 0.6) is 0 Å². The third kappa shape index (κ3) is 3.65. The first kappa shape index (κ1) is 15.8. The zero-order valence-electron chi connectivity index (χ0n) is 11.9. The SMILES string of the molecule is FC(F)(F)c1cc(Cl)c2nc(CNCc3ccccc3)cn2c1. The highest BCUT2D eigenvalue weighted by Gasteiger charge is 2.31. The van der Waals surface area contributed by atoms with Gasteiger partial charge in [0.2, 0.25) is 0 Å². The Kier molecular flexibility index (Phi) is 4.28. The predicted molar refractivity (Wildman–Crippen MR) is 82.2 cm³/mol. The van der Waals surface area contributed by atoms with E-state index in [9.17, 15) is 13.2 Å². The number of rotatable bonds is 4. The molecule has 0 unspecified atom stereocenters. The van der Waals surface area contributed by atoms with Crippen molar-refractivity contribution >= 4 is 17.2 Å². The molecule has 0 spiro atoms. The molecular formula is C16H13ClF3N3. The number of nitrogens with one attached hydrogen (secondary N) is 1. The molecule has 0 radical (unpaired) electrons. The molecule has 1 aromatic carbocycles. The minimum atomic E-state index is -4.44. The smallest absolute Gasteiger partial charge is 0.307 e. The Morgan fingerprint density at radius 3 is 2.52 bits per heavy atom. The average Bonchev–Trinajstić information content (AvgIpc) is 2.91. The van der Waals surface area contributed by atoms with Gasteiger partial charge in [-0.05, 0) is 11.6 Å². The third-order valence-corrected chi connectivity index (χ3v) is 3.64. The summed E-state index contributed by atoms with van der Waals surface area (Å²) in [4.78, 5) is 4.27. The van der Waals surface area contributed by atoms with E-state index in [2.05, 4.69) is 10.3 Å². The molecule has 7 heteroatoms. The van der Waals surface area contributed by atoms with E-state index in [1.807, 2.05) is 30.3 Å². The summed E-state index contributed by atoms with van der Waals surface area (Å²) in [5.74, 6) is 0. The van der Waals surface area contributed by atoms with E-state index < -0.39 is 11.7 Å². The summed E-state index contributed by atoms with van der Waals surface area (Å²) in [6.07, 6.45) is -1.89. The van der Waals surface area contributed by atoms with Gasteiger partial charge in [-0.2, -0.15) is 13.2 Å². The second kappa shape index (κ2) is 6.22. The van der Waals surface area contributed by atoms with E-state index in [0.29, 0.717) is 24.4 Å².